The summed E-state index contributed by atoms with van der Waals surface area (Å²) in [5.74, 6) is 0.731. The highest BCUT2D eigenvalue weighted by Gasteiger charge is 2.14. The van der Waals surface area contributed by atoms with Crippen LogP contribution in [-0.2, 0) is 16.4 Å². The van der Waals surface area contributed by atoms with Crippen LogP contribution >= 0.6 is 0 Å². The van der Waals surface area contributed by atoms with Crippen LogP contribution in [0.3, 0.4) is 0 Å². The molecule has 1 heterocycles. The van der Waals surface area contributed by atoms with E-state index in [9.17, 15) is 8.42 Å². The second-order valence-corrected chi connectivity index (χ2v) is 7.80. The van der Waals surface area contributed by atoms with Gasteiger partial charge in [0.15, 0.2) is 0 Å². The molecule has 0 aliphatic carbocycles. The smallest absolute Gasteiger partial charge is 0.261 e. The first-order chi connectivity index (χ1) is 11.9. The fourth-order valence-electron chi connectivity index (χ4n) is 2.29. The van der Waals surface area contributed by atoms with E-state index in [0.29, 0.717) is 5.69 Å². The number of aryl methyl sites for hydroxylation is 1. The number of benzene rings is 1. The molecule has 25 heavy (non-hydrogen) atoms. The van der Waals surface area contributed by atoms with E-state index >= 15 is 0 Å². The second kappa shape index (κ2) is 8.82. The first kappa shape index (κ1) is 19.2. The largest absolute Gasteiger partial charge is 0.370 e. The summed E-state index contributed by atoms with van der Waals surface area (Å²) in [4.78, 5) is 6.62. The average molecular weight is 362 g/mol. The molecule has 0 unspecified atom stereocenters. The molecule has 6 nitrogen and oxygen atoms in total. The minimum atomic E-state index is -3.60. The zero-order valence-electron chi connectivity index (χ0n) is 15.0. The van der Waals surface area contributed by atoms with Gasteiger partial charge in [-0.3, -0.25) is 4.72 Å². The van der Waals surface area contributed by atoms with Crippen molar-refractivity contribution in [2.24, 2.45) is 0 Å². The van der Waals surface area contributed by atoms with Gasteiger partial charge < -0.3 is 10.2 Å². The fourth-order valence-corrected chi connectivity index (χ4v) is 3.33. The van der Waals surface area contributed by atoms with E-state index in [2.05, 4.69) is 19.9 Å². The van der Waals surface area contributed by atoms with Crippen molar-refractivity contribution in [2.45, 2.75) is 24.7 Å². The summed E-state index contributed by atoms with van der Waals surface area (Å²) >= 11 is 0. The van der Waals surface area contributed by atoms with Gasteiger partial charge in [-0.1, -0.05) is 19.1 Å². The summed E-state index contributed by atoms with van der Waals surface area (Å²) in [7, 11) is 0.476. The van der Waals surface area contributed by atoms with E-state index in [1.807, 2.05) is 33.2 Å². The lowest BCUT2D eigenvalue weighted by Crippen LogP contribution is -2.16. The Bertz CT molecular complexity index is 757. The van der Waals surface area contributed by atoms with Crippen molar-refractivity contribution in [3.05, 3.63) is 48.2 Å². The number of pyridine rings is 1. The molecule has 0 spiro atoms. The Labute approximate surface area is 150 Å². The van der Waals surface area contributed by atoms with Gasteiger partial charge in [0.2, 0.25) is 0 Å². The number of anilines is 2. The first-order valence-electron chi connectivity index (χ1n) is 8.37. The SMILES string of the molecule is CCc1ccc(S(=O)(=O)Nc2ccc(NCCCN(C)C)nc2)cc1. The van der Waals surface area contributed by atoms with Crippen molar-refractivity contribution in [3.63, 3.8) is 0 Å². The molecule has 0 aliphatic rings. The highest BCUT2D eigenvalue weighted by molar-refractivity contribution is 7.92. The van der Waals surface area contributed by atoms with Gasteiger partial charge in [0.05, 0.1) is 16.8 Å². The molecule has 2 N–H and O–H groups in total. The van der Waals surface area contributed by atoms with Crippen LogP contribution in [-0.4, -0.2) is 45.5 Å². The van der Waals surface area contributed by atoms with E-state index in [4.69, 9.17) is 0 Å². The van der Waals surface area contributed by atoms with Crippen LogP contribution in [0.2, 0.25) is 0 Å². The van der Waals surface area contributed by atoms with Crippen LogP contribution < -0.4 is 10.0 Å². The van der Waals surface area contributed by atoms with E-state index in [-0.39, 0.29) is 4.90 Å². The fraction of sp³-hybridized carbons (Fsp3) is 0.389. The van der Waals surface area contributed by atoms with Crippen LogP contribution in [0.1, 0.15) is 18.9 Å². The topological polar surface area (TPSA) is 74.3 Å². The molecule has 0 fully saturated rings. The molecule has 0 amide bonds. The van der Waals surface area contributed by atoms with Gasteiger partial charge in [-0.15, -0.1) is 0 Å². The minimum absolute atomic E-state index is 0.246. The average Bonchev–Trinajstić information content (AvgIpc) is 2.60. The molecule has 1 aromatic heterocycles. The molecule has 0 aliphatic heterocycles. The molecular formula is C18H26N4O2S. The Hall–Kier alpha value is -2.12. The number of nitrogens with zero attached hydrogens (tertiary/aromatic N) is 2. The molecule has 1 aromatic carbocycles. The number of aromatic nitrogens is 1. The molecule has 0 bridgehead atoms. The lowest BCUT2D eigenvalue weighted by molar-refractivity contribution is 0.405. The number of sulfonamides is 1. The van der Waals surface area contributed by atoms with Gasteiger partial charge in [-0.2, -0.15) is 0 Å². The van der Waals surface area contributed by atoms with Crippen LogP contribution in [0.5, 0.6) is 0 Å². The second-order valence-electron chi connectivity index (χ2n) is 6.12. The standard InChI is InChI=1S/C18H26N4O2S/c1-4-15-6-9-17(10-7-15)25(23,24)21-16-8-11-18(20-14-16)19-12-5-13-22(2)3/h6-11,14,21H,4-5,12-13H2,1-3H3,(H,19,20). The summed E-state index contributed by atoms with van der Waals surface area (Å²) in [6.07, 6.45) is 3.41. The lowest BCUT2D eigenvalue weighted by Gasteiger charge is -2.11. The molecule has 0 saturated carbocycles. The van der Waals surface area contributed by atoms with Crippen molar-refractivity contribution < 1.29 is 8.42 Å². The first-order valence-corrected chi connectivity index (χ1v) is 9.85. The molecular weight excluding hydrogens is 336 g/mol. The normalized spacial score (nSPS) is 11.5. The zero-order valence-corrected chi connectivity index (χ0v) is 15.8. The van der Waals surface area contributed by atoms with Crippen LogP contribution in [0.25, 0.3) is 0 Å². The molecule has 0 saturated heterocycles. The highest BCUT2D eigenvalue weighted by atomic mass is 32.2. The summed E-state index contributed by atoms with van der Waals surface area (Å²) in [5, 5.41) is 3.22. The maximum Gasteiger partial charge on any atom is 0.261 e. The number of hydrogen-bond donors (Lipinski definition) is 2. The van der Waals surface area contributed by atoms with E-state index < -0.39 is 10.0 Å². The number of nitrogens with one attached hydrogen (secondary N) is 2. The van der Waals surface area contributed by atoms with Gasteiger partial charge in [0, 0.05) is 6.54 Å². The molecule has 0 radical (unpaired) electrons. The lowest BCUT2D eigenvalue weighted by atomic mass is 10.2. The van der Waals surface area contributed by atoms with Crippen LogP contribution in [0, 0.1) is 0 Å². The molecule has 136 valence electrons. The van der Waals surface area contributed by atoms with Crippen LogP contribution in [0.4, 0.5) is 11.5 Å². The van der Waals surface area contributed by atoms with Crippen molar-refractivity contribution in [1.82, 2.24) is 9.88 Å². The van der Waals surface area contributed by atoms with Crippen LogP contribution in [0.15, 0.2) is 47.5 Å². The summed E-state index contributed by atoms with van der Waals surface area (Å²) in [6.45, 7) is 3.85. The number of hydrogen-bond acceptors (Lipinski definition) is 5. The molecule has 2 aromatic rings. The van der Waals surface area contributed by atoms with Crippen molar-refractivity contribution in [2.75, 3.05) is 37.2 Å². The summed E-state index contributed by atoms with van der Waals surface area (Å²) in [6, 6.07) is 10.4. The van der Waals surface area contributed by atoms with Crippen molar-refractivity contribution >= 4 is 21.5 Å². The van der Waals surface area contributed by atoms with Gasteiger partial charge in [-0.05, 0) is 63.3 Å². The molecule has 7 heteroatoms. The maximum absolute atomic E-state index is 12.4. The van der Waals surface area contributed by atoms with Gasteiger partial charge in [0.1, 0.15) is 5.82 Å². The van der Waals surface area contributed by atoms with E-state index in [0.717, 1.165) is 37.3 Å². The highest BCUT2D eigenvalue weighted by Crippen LogP contribution is 2.17. The predicted octanol–water partition coefficient (Wildman–Crippen LogP) is 2.81. The Kier molecular flexibility index (Phi) is 6.78. The minimum Gasteiger partial charge on any atom is -0.370 e. The number of rotatable bonds is 9. The van der Waals surface area contributed by atoms with Gasteiger partial charge >= 0.3 is 0 Å². The molecule has 0 atom stereocenters. The zero-order chi connectivity index (χ0) is 18.3. The quantitative estimate of drug-likeness (QED) is 0.671. The van der Waals surface area contributed by atoms with E-state index in [1.165, 1.54) is 6.20 Å². The van der Waals surface area contributed by atoms with E-state index in [1.54, 1.807) is 24.3 Å². The van der Waals surface area contributed by atoms with Crippen molar-refractivity contribution in [3.8, 4) is 0 Å². The predicted molar refractivity (Wildman–Crippen MR) is 103 cm³/mol. The monoisotopic (exact) mass is 362 g/mol. The third-order valence-electron chi connectivity index (χ3n) is 3.75. The summed E-state index contributed by atoms with van der Waals surface area (Å²) < 4.78 is 27.4. The van der Waals surface area contributed by atoms with Gasteiger partial charge in [-0.25, -0.2) is 13.4 Å². The molecule has 2 rings (SSSR count). The third kappa shape index (κ3) is 6.03. The maximum atomic E-state index is 12.4. The Balaban J connectivity index is 1.95. The Morgan fingerprint density at radius 3 is 2.36 bits per heavy atom. The van der Waals surface area contributed by atoms with Gasteiger partial charge in [0.25, 0.3) is 10.0 Å². The van der Waals surface area contributed by atoms with Crippen molar-refractivity contribution in [1.29, 1.82) is 0 Å². The Morgan fingerprint density at radius 2 is 1.80 bits per heavy atom. The summed E-state index contributed by atoms with van der Waals surface area (Å²) in [5.41, 5.74) is 1.55. The third-order valence-corrected chi connectivity index (χ3v) is 5.14. The Morgan fingerprint density at radius 1 is 1.08 bits per heavy atom.